The molecule has 0 saturated carbocycles. The number of hydrogen-bond acceptors (Lipinski definition) is 3. The molecule has 90 valence electrons. The number of nitrogens with one attached hydrogen (secondary N) is 1. The molecule has 0 aliphatic heterocycles. The van der Waals surface area contributed by atoms with Crippen molar-refractivity contribution in [1.29, 1.82) is 0 Å². The van der Waals surface area contributed by atoms with Gasteiger partial charge in [0.15, 0.2) is 0 Å². The molecule has 0 bridgehead atoms. The molecule has 0 radical (unpaired) electrons. The minimum atomic E-state index is -4.88. The Morgan fingerprint density at radius 1 is 1.62 bits per heavy atom. The van der Waals surface area contributed by atoms with Gasteiger partial charge >= 0.3 is 12.1 Å². The smallest absolute Gasteiger partial charge is 0.471 e. The van der Waals surface area contributed by atoms with Crippen LogP contribution in [0.15, 0.2) is 6.07 Å². The number of halogens is 3. The van der Waals surface area contributed by atoms with Crippen LogP contribution in [0.5, 0.6) is 5.88 Å². The third kappa shape index (κ3) is 2.88. The number of carbonyl (C=O) groups excluding carboxylic acids is 1. The van der Waals surface area contributed by atoms with E-state index >= 15 is 0 Å². The molecule has 1 rings (SSSR count). The molecule has 0 atom stereocenters. The Labute approximate surface area is 89.2 Å². The van der Waals surface area contributed by atoms with Crippen molar-refractivity contribution in [3.8, 4) is 5.88 Å². The van der Waals surface area contributed by atoms with Crippen molar-refractivity contribution in [3.05, 3.63) is 11.8 Å². The third-order valence-electron chi connectivity index (χ3n) is 1.78. The molecule has 8 heteroatoms. The Morgan fingerprint density at radius 2 is 2.25 bits per heavy atom. The molecule has 1 aromatic heterocycles. The molecular weight excluding hydrogens is 227 g/mol. The SMILES string of the molecule is COc1cc(CNC(=O)C(F)(F)F)nn1C. The van der Waals surface area contributed by atoms with E-state index < -0.39 is 12.1 Å². The van der Waals surface area contributed by atoms with Gasteiger partial charge in [0.25, 0.3) is 0 Å². The average molecular weight is 237 g/mol. The lowest BCUT2D eigenvalue weighted by Gasteiger charge is -2.05. The van der Waals surface area contributed by atoms with E-state index in [4.69, 9.17) is 4.74 Å². The molecule has 0 aliphatic carbocycles. The van der Waals surface area contributed by atoms with E-state index in [1.165, 1.54) is 17.9 Å². The summed E-state index contributed by atoms with van der Waals surface area (Å²) in [5, 5.41) is 5.55. The van der Waals surface area contributed by atoms with E-state index in [9.17, 15) is 18.0 Å². The molecule has 1 aromatic rings. The molecule has 0 saturated heterocycles. The molecule has 1 amide bonds. The summed E-state index contributed by atoms with van der Waals surface area (Å²) in [6.45, 7) is -0.296. The molecular formula is C8H10F3N3O2. The van der Waals surface area contributed by atoms with Gasteiger partial charge in [-0.1, -0.05) is 0 Å². The van der Waals surface area contributed by atoms with Crippen LogP contribution in [0, 0.1) is 0 Å². The minimum absolute atomic E-state index is 0.289. The standard InChI is InChI=1S/C8H10F3N3O2/c1-14-6(16-2)3-5(13-14)4-12-7(15)8(9,10)11/h3H,4H2,1-2H3,(H,12,15). The molecule has 1 N–H and O–H groups in total. The van der Waals surface area contributed by atoms with E-state index in [1.54, 1.807) is 12.4 Å². The average Bonchev–Trinajstić information content (AvgIpc) is 2.54. The number of ether oxygens (including phenoxy) is 1. The summed E-state index contributed by atoms with van der Waals surface area (Å²) in [5.41, 5.74) is 0.289. The monoisotopic (exact) mass is 237 g/mol. The lowest BCUT2D eigenvalue weighted by Crippen LogP contribution is -2.36. The second-order valence-corrected chi connectivity index (χ2v) is 2.98. The molecule has 0 spiro atoms. The van der Waals surface area contributed by atoms with Crippen LogP contribution in [-0.2, 0) is 18.4 Å². The summed E-state index contributed by atoms with van der Waals surface area (Å²) >= 11 is 0. The summed E-state index contributed by atoms with van der Waals surface area (Å²) in [6, 6.07) is 1.44. The number of aromatic nitrogens is 2. The van der Waals surface area contributed by atoms with Crippen LogP contribution < -0.4 is 10.1 Å². The highest BCUT2D eigenvalue weighted by molar-refractivity contribution is 5.81. The van der Waals surface area contributed by atoms with Crippen LogP contribution in [0.4, 0.5) is 13.2 Å². The predicted octanol–water partition coefficient (Wildman–Crippen LogP) is 0.607. The van der Waals surface area contributed by atoms with Crippen molar-refractivity contribution < 1.29 is 22.7 Å². The Balaban J connectivity index is 2.58. The number of methoxy groups -OCH3 is 1. The predicted molar refractivity (Wildman–Crippen MR) is 47.7 cm³/mol. The van der Waals surface area contributed by atoms with E-state index in [-0.39, 0.29) is 12.2 Å². The summed E-state index contributed by atoms with van der Waals surface area (Å²) < 4.78 is 41.7. The van der Waals surface area contributed by atoms with Crippen LogP contribution in [0.1, 0.15) is 5.69 Å². The minimum Gasteiger partial charge on any atom is -0.481 e. The number of nitrogens with zero attached hydrogens (tertiary/aromatic N) is 2. The molecule has 16 heavy (non-hydrogen) atoms. The maximum Gasteiger partial charge on any atom is 0.471 e. The second kappa shape index (κ2) is 4.42. The topological polar surface area (TPSA) is 56.1 Å². The highest BCUT2D eigenvalue weighted by Crippen LogP contribution is 2.15. The number of alkyl halides is 3. The Bertz CT molecular complexity index is 386. The van der Waals surface area contributed by atoms with Crippen LogP contribution in [0.25, 0.3) is 0 Å². The van der Waals surface area contributed by atoms with Gasteiger partial charge in [0, 0.05) is 13.1 Å². The van der Waals surface area contributed by atoms with Gasteiger partial charge in [-0.2, -0.15) is 18.3 Å². The zero-order valence-electron chi connectivity index (χ0n) is 8.63. The molecule has 1 heterocycles. The van der Waals surface area contributed by atoms with Gasteiger partial charge in [0.2, 0.25) is 5.88 Å². The first-order valence-corrected chi connectivity index (χ1v) is 4.26. The second-order valence-electron chi connectivity index (χ2n) is 2.98. The highest BCUT2D eigenvalue weighted by atomic mass is 19.4. The van der Waals surface area contributed by atoms with Gasteiger partial charge in [0.1, 0.15) is 0 Å². The number of hydrogen-bond donors (Lipinski definition) is 1. The fourth-order valence-electron chi connectivity index (χ4n) is 1.06. The summed E-state index contributed by atoms with van der Waals surface area (Å²) in [4.78, 5) is 10.5. The number of carbonyl (C=O) groups is 1. The molecule has 0 fully saturated rings. The largest absolute Gasteiger partial charge is 0.481 e. The van der Waals surface area contributed by atoms with Gasteiger partial charge in [-0.05, 0) is 0 Å². The maximum atomic E-state index is 11.8. The van der Waals surface area contributed by atoms with Crippen LogP contribution in [0.3, 0.4) is 0 Å². The lowest BCUT2D eigenvalue weighted by molar-refractivity contribution is -0.173. The molecule has 0 aromatic carbocycles. The molecule has 5 nitrogen and oxygen atoms in total. The Morgan fingerprint density at radius 3 is 2.69 bits per heavy atom. The van der Waals surface area contributed by atoms with E-state index in [0.717, 1.165) is 0 Å². The van der Waals surface area contributed by atoms with Gasteiger partial charge < -0.3 is 10.1 Å². The van der Waals surface area contributed by atoms with Gasteiger partial charge in [-0.15, -0.1) is 0 Å². The first-order chi connectivity index (χ1) is 7.34. The Hall–Kier alpha value is -1.73. The van der Waals surface area contributed by atoms with Crippen molar-refractivity contribution in [2.24, 2.45) is 7.05 Å². The summed E-state index contributed by atoms with van der Waals surface area (Å²) in [7, 11) is 2.99. The zero-order chi connectivity index (χ0) is 12.3. The fraction of sp³-hybridized carbons (Fsp3) is 0.500. The van der Waals surface area contributed by atoms with E-state index in [0.29, 0.717) is 5.88 Å². The van der Waals surface area contributed by atoms with E-state index in [2.05, 4.69) is 5.10 Å². The Kier molecular flexibility index (Phi) is 3.41. The van der Waals surface area contributed by atoms with Crippen molar-refractivity contribution in [2.75, 3.05) is 7.11 Å². The quantitative estimate of drug-likeness (QED) is 0.837. The third-order valence-corrected chi connectivity index (χ3v) is 1.78. The van der Waals surface area contributed by atoms with E-state index in [1.807, 2.05) is 0 Å². The fourth-order valence-corrected chi connectivity index (χ4v) is 1.06. The van der Waals surface area contributed by atoms with Crippen molar-refractivity contribution >= 4 is 5.91 Å². The highest BCUT2D eigenvalue weighted by Gasteiger charge is 2.38. The van der Waals surface area contributed by atoms with Crippen molar-refractivity contribution in [2.45, 2.75) is 12.7 Å². The van der Waals surface area contributed by atoms with Crippen molar-refractivity contribution in [3.63, 3.8) is 0 Å². The number of rotatable bonds is 3. The van der Waals surface area contributed by atoms with Crippen molar-refractivity contribution in [1.82, 2.24) is 15.1 Å². The normalized spacial score (nSPS) is 11.3. The summed E-state index contributed by atoms with van der Waals surface area (Å²) in [6.07, 6.45) is -4.88. The van der Waals surface area contributed by atoms with Crippen LogP contribution >= 0.6 is 0 Å². The zero-order valence-corrected chi connectivity index (χ0v) is 8.63. The van der Waals surface area contributed by atoms with Gasteiger partial charge in [-0.25, -0.2) is 4.68 Å². The lowest BCUT2D eigenvalue weighted by atomic mass is 10.4. The molecule has 0 unspecified atom stereocenters. The maximum absolute atomic E-state index is 11.8. The number of aryl methyl sites for hydroxylation is 1. The van der Waals surface area contributed by atoms with Gasteiger partial charge in [-0.3, -0.25) is 4.79 Å². The van der Waals surface area contributed by atoms with Crippen LogP contribution in [0.2, 0.25) is 0 Å². The summed E-state index contributed by atoms with van der Waals surface area (Å²) in [5.74, 6) is -1.59. The first kappa shape index (κ1) is 12.3. The van der Waals surface area contributed by atoms with Gasteiger partial charge in [0.05, 0.1) is 19.3 Å². The number of amides is 1. The molecule has 0 aliphatic rings. The van der Waals surface area contributed by atoms with Crippen LogP contribution in [-0.4, -0.2) is 29.0 Å². The first-order valence-electron chi connectivity index (χ1n) is 4.26.